The van der Waals surface area contributed by atoms with E-state index in [0.29, 0.717) is 12.4 Å². The second-order valence-electron chi connectivity index (χ2n) is 3.93. The van der Waals surface area contributed by atoms with Gasteiger partial charge in [0, 0.05) is 0 Å². The van der Waals surface area contributed by atoms with Crippen LogP contribution in [0.3, 0.4) is 0 Å². The van der Waals surface area contributed by atoms with Gasteiger partial charge in [-0.25, -0.2) is 4.39 Å². The Morgan fingerprint density at radius 2 is 1.56 bits per heavy atom. The van der Waals surface area contributed by atoms with Crippen LogP contribution in [0.15, 0.2) is 66.4 Å². The maximum Gasteiger partial charge on any atom is 0.147 e. The molecule has 0 saturated carbocycles. The van der Waals surface area contributed by atoms with Gasteiger partial charge in [-0.1, -0.05) is 60.7 Å². The number of hydrogen-bond donors (Lipinski definition) is 0. The molecule has 0 saturated heterocycles. The second-order valence-corrected chi connectivity index (χ2v) is 3.93. The smallest absolute Gasteiger partial charge is 0.147 e. The Kier molecular flexibility index (Phi) is 4.53. The van der Waals surface area contributed by atoms with Crippen molar-refractivity contribution in [3.05, 3.63) is 77.5 Å². The molecule has 0 aromatic heterocycles. The molecule has 2 aromatic rings. The van der Waals surface area contributed by atoms with Crippen molar-refractivity contribution in [2.45, 2.75) is 6.61 Å². The minimum atomic E-state index is -0.596. The van der Waals surface area contributed by atoms with Gasteiger partial charge in [-0.3, -0.25) is 0 Å². The topological polar surface area (TPSA) is 9.23 Å². The summed E-state index contributed by atoms with van der Waals surface area (Å²) in [4.78, 5) is 0. The standard InChI is InChI=1S/C16H15FO/c17-12-16(11-14-7-3-1-4-8-14)18-13-15-9-5-2-6-10-15/h1-11H,12-13H2/b16-11-. The summed E-state index contributed by atoms with van der Waals surface area (Å²) in [5.41, 5.74) is 1.98. The number of allylic oxidation sites excluding steroid dienone is 1. The van der Waals surface area contributed by atoms with Crippen molar-refractivity contribution < 1.29 is 9.13 Å². The van der Waals surface area contributed by atoms with Crippen molar-refractivity contribution in [3.63, 3.8) is 0 Å². The first-order valence-electron chi connectivity index (χ1n) is 5.87. The third-order valence-corrected chi connectivity index (χ3v) is 2.53. The van der Waals surface area contributed by atoms with E-state index in [-0.39, 0.29) is 0 Å². The zero-order chi connectivity index (χ0) is 12.6. The highest BCUT2D eigenvalue weighted by molar-refractivity contribution is 5.51. The predicted octanol–water partition coefficient (Wildman–Crippen LogP) is 4.21. The molecule has 0 atom stereocenters. The summed E-state index contributed by atoms with van der Waals surface area (Å²) in [7, 11) is 0. The van der Waals surface area contributed by atoms with Crippen molar-refractivity contribution in [1.82, 2.24) is 0 Å². The molecular formula is C16H15FO. The van der Waals surface area contributed by atoms with Crippen LogP contribution >= 0.6 is 0 Å². The van der Waals surface area contributed by atoms with Crippen molar-refractivity contribution in [2.24, 2.45) is 0 Å². The Balaban J connectivity index is 2.00. The van der Waals surface area contributed by atoms with Crippen molar-refractivity contribution in [2.75, 3.05) is 6.67 Å². The summed E-state index contributed by atoms with van der Waals surface area (Å²) < 4.78 is 18.3. The third-order valence-electron chi connectivity index (χ3n) is 2.53. The van der Waals surface area contributed by atoms with Gasteiger partial charge >= 0.3 is 0 Å². The lowest BCUT2D eigenvalue weighted by Gasteiger charge is -2.07. The Bertz CT molecular complexity index is 491. The predicted molar refractivity (Wildman–Crippen MR) is 71.6 cm³/mol. The monoisotopic (exact) mass is 242 g/mol. The van der Waals surface area contributed by atoms with Crippen LogP contribution in [0.25, 0.3) is 6.08 Å². The summed E-state index contributed by atoms with van der Waals surface area (Å²) in [6.07, 6.45) is 1.73. The van der Waals surface area contributed by atoms with E-state index in [9.17, 15) is 4.39 Å². The molecular weight excluding hydrogens is 227 g/mol. The van der Waals surface area contributed by atoms with Gasteiger partial charge in [-0.2, -0.15) is 0 Å². The molecule has 1 nitrogen and oxygen atoms in total. The Morgan fingerprint density at radius 1 is 0.944 bits per heavy atom. The van der Waals surface area contributed by atoms with E-state index >= 15 is 0 Å². The molecule has 0 heterocycles. The molecule has 0 N–H and O–H groups in total. The average Bonchev–Trinajstić information content (AvgIpc) is 2.45. The molecule has 0 fully saturated rings. The van der Waals surface area contributed by atoms with Gasteiger partial charge in [0.05, 0.1) is 0 Å². The van der Waals surface area contributed by atoms with Crippen LogP contribution < -0.4 is 0 Å². The van der Waals surface area contributed by atoms with E-state index in [1.807, 2.05) is 60.7 Å². The van der Waals surface area contributed by atoms with Gasteiger partial charge in [-0.15, -0.1) is 0 Å². The van der Waals surface area contributed by atoms with Gasteiger partial charge in [0.2, 0.25) is 0 Å². The minimum absolute atomic E-state index is 0.352. The highest BCUT2D eigenvalue weighted by Crippen LogP contribution is 2.11. The molecule has 2 aromatic carbocycles. The molecule has 0 aliphatic carbocycles. The van der Waals surface area contributed by atoms with Crippen LogP contribution in [0.5, 0.6) is 0 Å². The van der Waals surface area contributed by atoms with Crippen LogP contribution in [-0.4, -0.2) is 6.67 Å². The van der Waals surface area contributed by atoms with E-state index in [2.05, 4.69) is 0 Å². The lowest BCUT2D eigenvalue weighted by Crippen LogP contribution is -1.95. The molecule has 0 aliphatic rings. The first-order valence-corrected chi connectivity index (χ1v) is 5.87. The largest absolute Gasteiger partial charge is 0.490 e. The normalized spacial score (nSPS) is 11.3. The number of hydrogen-bond acceptors (Lipinski definition) is 1. The molecule has 0 aliphatic heterocycles. The zero-order valence-electron chi connectivity index (χ0n) is 10.1. The van der Waals surface area contributed by atoms with Gasteiger partial charge in [0.15, 0.2) is 0 Å². The lowest BCUT2D eigenvalue weighted by molar-refractivity contribution is 0.180. The molecule has 18 heavy (non-hydrogen) atoms. The number of benzene rings is 2. The van der Waals surface area contributed by atoms with E-state index in [1.165, 1.54) is 0 Å². The Hall–Kier alpha value is -2.09. The van der Waals surface area contributed by atoms with Crippen LogP contribution in [0, 0.1) is 0 Å². The van der Waals surface area contributed by atoms with E-state index in [1.54, 1.807) is 6.08 Å². The van der Waals surface area contributed by atoms with Crippen LogP contribution in [0.1, 0.15) is 11.1 Å². The maximum absolute atomic E-state index is 12.9. The Morgan fingerprint density at radius 3 is 2.17 bits per heavy atom. The summed E-state index contributed by atoms with van der Waals surface area (Å²) >= 11 is 0. The van der Waals surface area contributed by atoms with Crippen LogP contribution in [-0.2, 0) is 11.3 Å². The number of rotatable bonds is 5. The van der Waals surface area contributed by atoms with Gasteiger partial charge in [-0.05, 0) is 17.2 Å². The quantitative estimate of drug-likeness (QED) is 0.713. The summed E-state index contributed by atoms with van der Waals surface area (Å²) in [5.74, 6) is 0.352. The highest BCUT2D eigenvalue weighted by atomic mass is 19.1. The number of alkyl halides is 1. The first-order chi connectivity index (χ1) is 8.88. The van der Waals surface area contributed by atoms with Gasteiger partial charge in [0.25, 0.3) is 0 Å². The SMILES string of the molecule is FC/C(=C/c1ccccc1)OCc1ccccc1. The fourth-order valence-corrected chi connectivity index (χ4v) is 1.60. The van der Waals surface area contributed by atoms with Crippen molar-refractivity contribution >= 4 is 6.08 Å². The molecule has 2 heteroatoms. The second kappa shape index (κ2) is 6.60. The summed E-state index contributed by atoms with van der Waals surface area (Å²) in [6.45, 7) is -0.203. The lowest BCUT2D eigenvalue weighted by atomic mass is 10.2. The molecule has 0 bridgehead atoms. The Labute approximate surface area is 107 Å². The molecule has 0 unspecified atom stereocenters. The zero-order valence-corrected chi connectivity index (χ0v) is 10.1. The molecule has 0 amide bonds. The summed E-state index contributed by atoms with van der Waals surface area (Å²) in [5, 5.41) is 0. The minimum Gasteiger partial charge on any atom is -0.490 e. The number of halogens is 1. The van der Waals surface area contributed by atoms with E-state index in [0.717, 1.165) is 11.1 Å². The van der Waals surface area contributed by atoms with E-state index in [4.69, 9.17) is 4.74 Å². The van der Waals surface area contributed by atoms with Crippen LogP contribution in [0.2, 0.25) is 0 Å². The average molecular weight is 242 g/mol. The fourth-order valence-electron chi connectivity index (χ4n) is 1.60. The van der Waals surface area contributed by atoms with E-state index < -0.39 is 6.67 Å². The maximum atomic E-state index is 12.9. The molecule has 0 spiro atoms. The molecule has 92 valence electrons. The fraction of sp³-hybridized carbons (Fsp3) is 0.125. The van der Waals surface area contributed by atoms with Gasteiger partial charge < -0.3 is 4.74 Å². The molecule has 0 radical (unpaired) electrons. The van der Waals surface area contributed by atoms with Crippen LogP contribution in [0.4, 0.5) is 4.39 Å². The van der Waals surface area contributed by atoms with Gasteiger partial charge in [0.1, 0.15) is 19.0 Å². The van der Waals surface area contributed by atoms with Crippen molar-refractivity contribution in [3.8, 4) is 0 Å². The third kappa shape index (κ3) is 3.74. The first kappa shape index (κ1) is 12.4. The number of ether oxygens (including phenoxy) is 1. The highest BCUT2D eigenvalue weighted by Gasteiger charge is 1.99. The summed E-state index contributed by atoms with van der Waals surface area (Å²) in [6, 6.07) is 19.3. The molecule has 2 rings (SSSR count). The van der Waals surface area contributed by atoms with Crippen molar-refractivity contribution in [1.29, 1.82) is 0 Å².